The zero-order chi connectivity index (χ0) is 16.8. The summed E-state index contributed by atoms with van der Waals surface area (Å²) in [6.07, 6.45) is 0. The van der Waals surface area contributed by atoms with E-state index in [-0.39, 0.29) is 21.7 Å². The molecule has 0 aromatic heterocycles. The third-order valence-electron chi connectivity index (χ3n) is 8.37. The van der Waals surface area contributed by atoms with Gasteiger partial charge in [-0.3, -0.25) is 0 Å². The molecule has 0 heteroatoms. The van der Waals surface area contributed by atoms with Gasteiger partial charge in [-0.15, -0.1) is 0 Å². The van der Waals surface area contributed by atoms with Crippen LogP contribution in [0.25, 0.3) is 11.1 Å². The number of hydrogen-bond acceptors (Lipinski definition) is 0. The fraction of sp³-hybridized carbons (Fsp3) is 0.478. The van der Waals surface area contributed by atoms with Crippen LogP contribution in [0.3, 0.4) is 0 Å². The van der Waals surface area contributed by atoms with Gasteiger partial charge in [0.1, 0.15) is 0 Å². The second kappa shape index (κ2) is 3.91. The van der Waals surface area contributed by atoms with E-state index in [0.29, 0.717) is 0 Å². The summed E-state index contributed by atoms with van der Waals surface area (Å²) in [4.78, 5) is 0. The Morgan fingerprint density at radius 1 is 0.565 bits per heavy atom. The minimum Gasteiger partial charge on any atom is -0.0619 e. The predicted molar refractivity (Wildman–Crippen MR) is 98.9 cm³/mol. The van der Waals surface area contributed by atoms with E-state index in [1.54, 1.807) is 5.56 Å². The van der Waals surface area contributed by atoms with Crippen LogP contribution in [-0.4, -0.2) is 0 Å². The van der Waals surface area contributed by atoms with Crippen molar-refractivity contribution < 1.29 is 0 Å². The molecular weight excluding hydrogens is 276 g/mol. The van der Waals surface area contributed by atoms with E-state index in [9.17, 15) is 0 Å². The highest BCUT2D eigenvalue weighted by atomic mass is 14.7. The molecule has 0 saturated heterocycles. The van der Waals surface area contributed by atoms with E-state index in [1.807, 2.05) is 0 Å². The number of hydrogen-bond donors (Lipinski definition) is 0. The molecule has 0 fully saturated rings. The normalized spacial score (nSPS) is 28.1. The monoisotopic (exact) mass is 304 g/mol. The SMILES string of the molecule is CC1(C)c2cccc3c2C(C)(c2ccccc2-3)C(C)(C)C1(C)C. The van der Waals surface area contributed by atoms with E-state index in [0.717, 1.165) is 0 Å². The smallest absolute Gasteiger partial charge is 0.0246 e. The number of benzene rings is 2. The van der Waals surface area contributed by atoms with E-state index in [2.05, 4.69) is 90.9 Å². The van der Waals surface area contributed by atoms with E-state index >= 15 is 0 Å². The van der Waals surface area contributed by atoms with Gasteiger partial charge >= 0.3 is 0 Å². The molecule has 2 aromatic carbocycles. The van der Waals surface area contributed by atoms with Gasteiger partial charge in [-0.05, 0) is 44.1 Å². The second-order valence-corrected chi connectivity index (χ2v) is 9.27. The molecule has 120 valence electrons. The second-order valence-electron chi connectivity index (χ2n) is 9.27. The van der Waals surface area contributed by atoms with Gasteiger partial charge < -0.3 is 0 Å². The van der Waals surface area contributed by atoms with Gasteiger partial charge in [0.2, 0.25) is 0 Å². The average Bonchev–Trinajstić information content (AvgIpc) is 2.78. The Labute approximate surface area is 140 Å². The summed E-state index contributed by atoms with van der Waals surface area (Å²) in [5.74, 6) is 0. The first-order chi connectivity index (χ1) is 10.6. The standard InChI is InChI=1S/C23H28/c1-20(2)18-14-10-12-16-15-11-8-9-13-17(15)23(7,19(16)18)22(5,6)21(20,3)4/h8-14H,1-7H3. The van der Waals surface area contributed by atoms with E-state index < -0.39 is 0 Å². The summed E-state index contributed by atoms with van der Waals surface area (Å²) in [7, 11) is 0. The molecule has 2 aliphatic rings. The van der Waals surface area contributed by atoms with Crippen LogP contribution >= 0.6 is 0 Å². The molecule has 0 saturated carbocycles. The Morgan fingerprint density at radius 3 is 1.83 bits per heavy atom. The summed E-state index contributed by atoms with van der Waals surface area (Å²) < 4.78 is 0. The lowest BCUT2D eigenvalue weighted by molar-refractivity contribution is -0.0337. The summed E-state index contributed by atoms with van der Waals surface area (Å²) in [5.41, 5.74) is 8.06. The molecule has 1 atom stereocenters. The van der Waals surface area contributed by atoms with Gasteiger partial charge in [0, 0.05) is 5.41 Å². The highest BCUT2D eigenvalue weighted by molar-refractivity contribution is 5.84. The third kappa shape index (κ3) is 1.32. The van der Waals surface area contributed by atoms with Crippen LogP contribution in [0.1, 0.15) is 65.2 Å². The summed E-state index contributed by atoms with van der Waals surface area (Å²) in [6.45, 7) is 17.3. The van der Waals surface area contributed by atoms with Crippen LogP contribution in [0.2, 0.25) is 0 Å². The molecule has 0 radical (unpaired) electrons. The van der Waals surface area contributed by atoms with Gasteiger partial charge in [-0.2, -0.15) is 0 Å². The Balaban J connectivity index is 2.24. The van der Waals surface area contributed by atoms with Crippen molar-refractivity contribution in [2.45, 2.75) is 59.3 Å². The summed E-state index contributed by atoms with van der Waals surface area (Å²) >= 11 is 0. The van der Waals surface area contributed by atoms with Gasteiger partial charge in [-0.25, -0.2) is 0 Å². The van der Waals surface area contributed by atoms with Crippen LogP contribution in [0.4, 0.5) is 0 Å². The maximum absolute atomic E-state index is 2.48. The Hall–Kier alpha value is -1.56. The van der Waals surface area contributed by atoms with Crippen LogP contribution in [0, 0.1) is 10.8 Å². The first kappa shape index (κ1) is 15.0. The van der Waals surface area contributed by atoms with Crippen molar-refractivity contribution in [1.29, 1.82) is 0 Å². The summed E-state index contributed by atoms with van der Waals surface area (Å²) in [6, 6.07) is 16.0. The first-order valence-electron chi connectivity index (χ1n) is 8.82. The average molecular weight is 304 g/mol. The molecule has 0 amide bonds. The molecule has 0 nitrogen and oxygen atoms in total. The fourth-order valence-corrected chi connectivity index (χ4v) is 5.52. The van der Waals surface area contributed by atoms with Crippen molar-refractivity contribution in [3.63, 3.8) is 0 Å². The van der Waals surface area contributed by atoms with Crippen LogP contribution in [0.15, 0.2) is 42.5 Å². The van der Waals surface area contributed by atoms with Crippen LogP contribution < -0.4 is 0 Å². The van der Waals surface area contributed by atoms with Gasteiger partial charge in [-0.1, -0.05) is 90.9 Å². The van der Waals surface area contributed by atoms with Crippen molar-refractivity contribution in [3.8, 4) is 11.1 Å². The van der Waals surface area contributed by atoms with Crippen molar-refractivity contribution in [3.05, 3.63) is 59.2 Å². The quantitative estimate of drug-likeness (QED) is 0.534. The number of rotatable bonds is 0. The fourth-order valence-electron chi connectivity index (χ4n) is 5.52. The molecule has 23 heavy (non-hydrogen) atoms. The minimum absolute atomic E-state index is 0.0640. The van der Waals surface area contributed by atoms with Crippen molar-refractivity contribution in [1.82, 2.24) is 0 Å². The maximum Gasteiger partial charge on any atom is 0.0246 e. The van der Waals surface area contributed by atoms with Crippen molar-refractivity contribution >= 4 is 0 Å². The van der Waals surface area contributed by atoms with E-state index in [4.69, 9.17) is 0 Å². The zero-order valence-electron chi connectivity index (χ0n) is 15.5. The van der Waals surface area contributed by atoms with E-state index in [1.165, 1.54) is 22.3 Å². The van der Waals surface area contributed by atoms with Crippen LogP contribution in [0.5, 0.6) is 0 Å². The van der Waals surface area contributed by atoms with Crippen LogP contribution in [-0.2, 0) is 10.8 Å². The highest BCUT2D eigenvalue weighted by Crippen LogP contribution is 2.71. The molecule has 0 N–H and O–H groups in total. The largest absolute Gasteiger partial charge is 0.0619 e. The maximum atomic E-state index is 2.48. The third-order valence-corrected chi connectivity index (χ3v) is 8.37. The number of fused-ring (bicyclic) bond motifs is 3. The predicted octanol–water partition coefficient (Wildman–Crippen LogP) is 6.32. The Bertz CT molecular complexity index is 820. The molecule has 0 spiro atoms. The highest BCUT2D eigenvalue weighted by Gasteiger charge is 2.65. The molecule has 4 rings (SSSR count). The minimum atomic E-state index is 0.0640. The Kier molecular flexibility index (Phi) is 2.55. The summed E-state index contributed by atoms with van der Waals surface area (Å²) in [5, 5.41) is 0. The molecule has 2 aliphatic carbocycles. The topological polar surface area (TPSA) is 0 Å². The Morgan fingerprint density at radius 2 is 1.13 bits per heavy atom. The van der Waals surface area contributed by atoms with Gasteiger partial charge in [0.15, 0.2) is 0 Å². The lowest BCUT2D eigenvalue weighted by Crippen LogP contribution is -2.60. The van der Waals surface area contributed by atoms with Gasteiger partial charge in [0.05, 0.1) is 0 Å². The first-order valence-corrected chi connectivity index (χ1v) is 8.82. The molecule has 0 aliphatic heterocycles. The molecular formula is C23H28. The van der Waals surface area contributed by atoms with Crippen molar-refractivity contribution in [2.75, 3.05) is 0 Å². The van der Waals surface area contributed by atoms with Gasteiger partial charge in [0.25, 0.3) is 0 Å². The lowest BCUT2D eigenvalue weighted by atomic mass is 9.39. The lowest BCUT2D eigenvalue weighted by Gasteiger charge is -2.64. The molecule has 0 heterocycles. The molecule has 1 unspecified atom stereocenters. The molecule has 2 aromatic rings. The van der Waals surface area contributed by atoms with Crippen molar-refractivity contribution in [2.24, 2.45) is 10.8 Å². The zero-order valence-corrected chi connectivity index (χ0v) is 15.5. The molecule has 0 bridgehead atoms.